The summed E-state index contributed by atoms with van der Waals surface area (Å²) in [5.41, 5.74) is 2.73. The number of hydrogen-bond donors (Lipinski definition) is 0. The van der Waals surface area contributed by atoms with Gasteiger partial charge in [0.2, 0.25) is 0 Å². The highest BCUT2D eigenvalue weighted by atomic mass is 32.2. The molecule has 0 bridgehead atoms. The van der Waals surface area contributed by atoms with Crippen LogP contribution in [-0.2, 0) is 22.9 Å². The Bertz CT molecular complexity index is 1170. The van der Waals surface area contributed by atoms with E-state index < -0.39 is 14.8 Å². The van der Waals surface area contributed by atoms with Gasteiger partial charge < -0.3 is 4.90 Å². The quantitative estimate of drug-likeness (QED) is 0.467. The molecule has 2 aromatic carbocycles. The van der Waals surface area contributed by atoms with E-state index in [0.29, 0.717) is 23.0 Å². The second kappa shape index (κ2) is 7.28. The van der Waals surface area contributed by atoms with Crippen LogP contribution in [0.2, 0.25) is 0 Å². The van der Waals surface area contributed by atoms with E-state index in [1.165, 1.54) is 18.4 Å². The van der Waals surface area contributed by atoms with Crippen molar-refractivity contribution >= 4 is 21.2 Å². The molecule has 150 valence electrons. The highest BCUT2D eigenvalue weighted by Crippen LogP contribution is 2.30. The average Bonchev–Trinajstić information content (AvgIpc) is 3.16. The lowest BCUT2D eigenvalue weighted by Crippen LogP contribution is -2.31. The molecule has 0 radical (unpaired) electrons. The van der Waals surface area contributed by atoms with Gasteiger partial charge in [0, 0.05) is 36.2 Å². The van der Waals surface area contributed by atoms with Crippen molar-refractivity contribution in [3.63, 3.8) is 0 Å². The first-order valence-corrected chi connectivity index (χ1v) is 10.9. The fourth-order valence-corrected chi connectivity index (χ4v) is 4.10. The van der Waals surface area contributed by atoms with Crippen LogP contribution in [0, 0.1) is 10.1 Å². The zero-order valence-corrected chi connectivity index (χ0v) is 16.5. The maximum Gasteiger partial charge on any atom is 0.269 e. The molecule has 3 aromatic rings. The van der Waals surface area contributed by atoms with Crippen molar-refractivity contribution in [2.24, 2.45) is 0 Å². The molecule has 4 rings (SSSR count). The first-order valence-electron chi connectivity index (χ1n) is 9.03. The van der Waals surface area contributed by atoms with Crippen molar-refractivity contribution in [3.8, 4) is 11.4 Å². The summed E-state index contributed by atoms with van der Waals surface area (Å²) in [6.45, 7) is 1.31. The van der Waals surface area contributed by atoms with E-state index in [0.717, 1.165) is 30.6 Å². The topological polar surface area (TPSA) is 111 Å². The number of sulfone groups is 1. The minimum absolute atomic E-state index is 0.0200. The molecule has 10 heteroatoms. The minimum Gasteiger partial charge on any atom is -0.352 e. The fourth-order valence-electron chi connectivity index (χ4n) is 3.43. The summed E-state index contributed by atoms with van der Waals surface area (Å²) >= 11 is 0. The summed E-state index contributed by atoms with van der Waals surface area (Å²) in [7, 11) is -3.24. The van der Waals surface area contributed by atoms with Gasteiger partial charge in [-0.1, -0.05) is 0 Å². The molecule has 29 heavy (non-hydrogen) atoms. The van der Waals surface area contributed by atoms with E-state index >= 15 is 0 Å². The van der Waals surface area contributed by atoms with Crippen LogP contribution in [0.15, 0.2) is 53.7 Å². The lowest BCUT2D eigenvalue weighted by molar-refractivity contribution is -0.384. The Morgan fingerprint density at radius 2 is 1.93 bits per heavy atom. The summed E-state index contributed by atoms with van der Waals surface area (Å²) in [6.07, 6.45) is 4.59. The minimum atomic E-state index is -3.24. The fraction of sp³-hybridized carbons (Fsp3) is 0.263. The maximum atomic E-state index is 11.8. The summed E-state index contributed by atoms with van der Waals surface area (Å²) in [5, 5.41) is 15.3. The van der Waals surface area contributed by atoms with Gasteiger partial charge in [0.15, 0.2) is 15.7 Å². The number of nitrogens with zero attached hydrogens (tertiary/aromatic N) is 5. The van der Waals surface area contributed by atoms with Crippen LogP contribution < -0.4 is 4.90 Å². The highest BCUT2D eigenvalue weighted by molar-refractivity contribution is 7.90. The van der Waals surface area contributed by atoms with Crippen molar-refractivity contribution < 1.29 is 13.3 Å². The standard InChI is InChI=1S/C19H19N5O4S/c1-29(27,28)17-8-9-18-15(11-17)3-2-10-22(18)13-23-12-20-19(21-23)14-4-6-16(7-5-14)24(25)26/h4-9,11-12H,2-3,10,13H2,1H3. The van der Waals surface area contributed by atoms with Crippen LogP contribution in [0.1, 0.15) is 12.0 Å². The number of anilines is 1. The van der Waals surface area contributed by atoms with Crippen molar-refractivity contribution in [2.45, 2.75) is 24.4 Å². The van der Waals surface area contributed by atoms with Crippen molar-refractivity contribution in [1.82, 2.24) is 14.8 Å². The smallest absolute Gasteiger partial charge is 0.269 e. The maximum absolute atomic E-state index is 11.8. The molecule has 1 aliphatic rings. The van der Waals surface area contributed by atoms with Crippen molar-refractivity contribution in [3.05, 3.63) is 64.5 Å². The van der Waals surface area contributed by atoms with Gasteiger partial charge in [-0.2, -0.15) is 0 Å². The number of benzene rings is 2. The summed E-state index contributed by atoms with van der Waals surface area (Å²) in [5.74, 6) is 0.490. The van der Waals surface area contributed by atoms with Crippen molar-refractivity contribution in [1.29, 1.82) is 0 Å². The van der Waals surface area contributed by atoms with Crippen LogP contribution in [-0.4, -0.2) is 40.9 Å². The lowest BCUT2D eigenvalue weighted by atomic mass is 10.0. The van der Waals surface area contributed by atoms with Gasteiger partial charge in [0.25, 0.3) is 5.69 Å². The number of aryl methyl sites for hydroxylation is 1. The normalized spacial score (nSPS) is 13.9. The number of rotatable bonds is 5. The van der Waals surface area contributed by atoms with E-state index in [2.05, 4.69) is 15.0 Å². The Balaban J connectivity index is 1.55. The van der Waals surface area contributed by atoms with Gasteiger partial charge in [-0.3, -0.25) is 10.1 Å². The average molecular weight is 413 g/mol. The van der Waals surface area contributed by atoms with Crippen LogP contribution in [0.3, 0.4) is 0 Å². The van der Waals surface area contributed by atoms with Crippen LogP contribution >= 0.6 is 0 Å². The molecule has 2 heterocycles. The van der Waals surface area contributed by atoms with Gasteiger partial charge in [0.05, 0.1) is 9.82 Å². The second-order valence-corrected chi connectivity index (χ2v) is 9.00. The van der Waals surface area contributed by atoms with Gasteiger partial charge in [-0.05, 0) is 48.7 Å². The molecule has 0 unspecified atom stereocenters. The van der Waals surface area contributed by atoms with Gasteiger partial charge in [-0.15, -0.1) is 5.10 Å². The number of aromatic nitrogens is 3. The summed E-state index contributed by atoms with van der Waals surface area (Å²) in [4.78, 5) is 17.1. The first kappa shape index (κ1) is 19.1. The Labute approximate surface area is 167 Å². The molecule has 0 saturated heterocycles. The molecule has 0 aliphatic carbocycles. The van der Waals surface area contributed by atoms with E-state index in [9.17, 15) is 18.5 Å². The molecule has 0 amide bonds. The van der Waals surface area contributed by atoms with E-state index in [4.69, 9.17) is 0 Å². The summed E-state index contributed by atoms with van der Waals surface area (Å²) < 4.78 is 25.3. The number of hydrogen-bond acceptors (Lipinski definition) is 7. The Morgan fingerprint density at radius 1 is 1.17 bits per heavy atom. The predicted octanol–water partition coefficient (Wildman–Crippen LogP) is 2.67. The molecule has 0 fully saturated rings. The zero-order valence-electron chi connectivity index (χ0n) is 15.7. The number of non-ortho nitro benzene ring substituents is 1. The monoisotopic (exact) mass is 413 g/mol. The van der Waals surface area contributed by atoms with E-state index in [1.807, 2.05) is 6.07 Å². The number of nitro benzene ring substituents is 1. The molecule has 0 N–H and O–H groups in total. The molecular weight excluding hydrogens is 394 g/mol. The van der Waals surface area contributed by atoms with E-state index in [1.54, 1.807) is 35.3 Å². The number of fused-ring (bicyclic) bond motifs is 1. The third-order valence-electron chi connectivity index (χ3n) is 4.88. The zero-order chi connectivity index (χ0) is 20.6. The van der Waals surface area contributed by atoms with E-state index in [-0.39, 0.29) is 5.69 Å². The van der Waals surface area contributed by atoms with Gasteiger partial charge >= 0.3 is 0 Å². The first-order chi connectivity index (χ1) is 13.8. The molecule has 0 spiro atoms. The Kier molecular flexibility index (Phi) is 4.79. The molecule has 9 nitrogen and oxygen atoms in total. The lowest BCUT2D eigenvalue weighted by Gasteiger charge is -2.31. The Morgan fingerprint density at radius 3 is 2.62 bits per heavy atom. The highest BCUT2D eigenvalue weighted by Gasteiger charge is 2.20. The third-order valence-corrected chi connectivity index (χ3v) is 5.99. The summed E-state index contributed by atoms with van der Waals surface area (Å²) in [6, 6.07) is 11.3. The largest absolute Gasteiger partial charge is 0.352 e. The van der Waals surface area contributed by atoms with Crippen LogP contribution in [0.5, 0.6) is 0 Å². The van der Waals surface area contributed by atoms with Crippen LogP contribution in [0.25, 0.3) is 11.4 Å². The van der Waals surface area contributed by atoms with Gasteiger partial charge in [0.1, 0.15) is 13.0 Å². The molecular formula is C19H19N5O4S. The molecule has 0 atom stereocenters. The molecule has 0 saturated carbocycles. The van der Waals surface area contributed by atoms with Crippen molar-refractivity contribution in [2.75, 3.05) is 17.7 Å². The van der Waals surface area contributed by atoms with Crippen LogP contribution in [0.4, 0.5) is 11.4 Å². The number of nitro groups is 1. The molecule has 1 aliphatic heterocycles. The third kappa shape index (κ3) is 3.97. The Hall–Kier alpha value is -3.27. The predicted molar refractivity (Wildman–Crippen MR) is 107 cm³/mol. The second-order valence-electron chi connectivity index (χ2n) is 6.98. The SMILES string of the molecule is CS(=O)(=O)c1ccc2c(c1)CCCN2Cn1cnc(-c2ccc([N+](=O)[O-])cc2)n1. The van der Waals surface area contributed by atoms with Gasteiger partial charge in [-0.25, -0.2) is 18.1 Å². The molecule has 1 aromatic heterocycles.